The topological polar surface area (TPSA) is 64.9 Å². The maximum absolute atomic E-state index is 12.5. The first-order valence-electron chi connectivity index (χ1n) is 9.56. The third-order valence-electron chi connectivity index (χ3n) is 6.49. The molecule has 2 N–H and O–H groups in total. The molecule has 4 aliphatic rings. The van der Waals surface area contributed by atoms with Gasteiger partial charge in [0.05, 0.1) is 0 Å². The van der Waals surface area contributed by atoms with Gasteiger partial charge in [-0.05, 0) is 74.5 Å². The first-order chi connectivity index (χ1) is 11.4. The Labute approximate surface area is 146 Å². The van der Waals surface area contributed by atoms with Gasteiger partial charge < -0.3 is 10.6 Å². The van der Waals surface area contributed by atoms with Gasteiger partial charge in [-0.3, -0.25) is 4.79 Å². The first-order valence-corrected chi connectivity index (χ1v) is 9.56. The van der Waals surface area contributed by atoms with Gasteiger partial charge in [0, 0.05) is 18.8 Å². The highest BCUT2D eigenvalue weighted by atomic mass is 16.1. The first kappa shape index (κ1) is 17.3. The van der Waals surface area contributed by atoms with Crippen molar-refractivity contribution in [3.05, 3.63) is 11.8 Å². The summed E-state index contributed by atoms with van der Waals surface area (Å²) >= 11 is 0. The molecule has 4 fully saturated rings. The number of nitrogens with one attached hydrogen (secondary N) is 2. The zero-order valence-corrected chi connectivity index (χ0v) is 15.3. The summed E-state index contributed by atoms with van der Waals surface area (Å²) < 4.78 is 0. The predicted molar refractivity (Wildman–Crippen MR) is 94.7 cm³/mol. The Morgan fingerprint density at radius 2 is 1.71 bits per heavy atom. The van der Waals surface area contributed by atoms with Gasteiger partial charge in [-0.2, -0.15) is 5.26 Å². The molecule has 132 valence electrons. The number of amides is 1. The Kier molecular flexibility index (Phi) is 4.90. The molecule has 0 aromatic heterocycles. The molecule has 0 saturated heterocycles. The minimum atomic E-state index is -0.225. The Balaban J connectivity index is 1.62. The number of carbonyl (C=O) groups excluding carboxylic acids is 1. The van der Waals surface area contributed by atoms with Gasteiger partial charge in [0.1, 0.15) is 11.6 Å². The van der Waals surface area contributed by atoms with E-state index < -0.39 is 0 Å². The average molecular weight is 329 g/mol. The molecular weight excluding hydrogens is 298 g/mol. The molecule has 0 radical (unpaired) electrons. The van der Waals surface area contributed by atoms with Gasteiger partial charge in [0.2, 0.25) is 0 Å². The van der Waals surface area contributed by atoms with Crippen LogP contribution in [0.4, 0.5) is 0 Å². The molecular formula is C20H31N3O. The molecule has 4 bridgehead atoms. The highest BCUT2D eigenvalue weighted by Gasteiger charge is 2.53. The average Bonchev–Trinajstić information content (AvgIpc) is 2.49. The third-order valence-corrected chi connectivity index (χ3v) is 6.49. The number of nitriles is 1. The quantitative estimate of drug-likeness (QED) is 0.580. The van der Waals surface area contributed by atoms with E-state index >= 15 is 0 Å². The van der Waals surface area contributed by atoms with Crippen LogP contribution in [0.3, 0.4) is 0 Å². The predicted octanol–water partition coefficient (Wildman–Crippen LogP) is 3.36. The number of nitrogens with zero attached hydrogens (tertiary/aromatic N) is 1. The smallest absolute Gasteiger partial charge is 0.263 e. The lowest BCUT2D eigenvalue weighted by molar-refractivity contribution is -0.122. The van der Waals surface area contributed by atoms with Crippen LogP contribution in [0, 0.1) is 40.4 Å². The fraction of sp³-hybridized carbons (Fsp3) is 0.800. The molecule has 1 unspecified atom stereocenters. The summed E-state index contributed by atoms with van der Waals surface area (Å²) in [5.41, 5.74) is 0.461. The number of carbonyl (C=O) groups is 1. The van der Waals surface area contributed by atoms with Crippen LogP contribution < -0.4 is 10.6 Å². The van der Waals surface area contributed by atoms with Crippen molar-refractivity contribution in [1.29, 1.82) is 5.26 Å². The normalized spacial score (nSPS) is 35.6. The van der Waals surface area contributed by atoms with E-state index in [1.807, 2.05) is 6.07 Å². The summed E-state index contributed by atoms with van der Waals surface area (Å²) in [6.45, 7) is 7.12. The maximum atomic E-state index is 12.5. The fourth-order valence-corrected chi connectivity index (χ4v) is 5.68. The van der Waals surface area contributed by atoms with Crippen molar-refractivity contribution in [2.45, 2.75) is 65.3 Å². The summed E-state index contributed by atoms with van der Waals surface area (Å²) in [5.74, 6) is 2.87. The van der Waals surface area contributed by atoms with Crippen LogP contribution in [0.25, 0.3) is 0 Å². The molecule has 4 heteroatoms. The van der Waals surface area contributed by atoms with Gasteiger partial charge >= 0.3 is 0 Å². The van der Waals surface area contributed by atoms with E-state index in [0.29, 0.717) is 5.92 Å². The highest BCUT2D eigenvalue weighted by molar-refractivity contribution is 5.97. The summed E-state index contributed by atoms with van der Waals surface area (Å²) in [6, 6.07) is 2.19. The van der Waals surface area contributed by atoms with Crippen LogP contribution in [0.15, 0.2) is 11.8 Å². The summed E-state index contributed by atoms with van der Waals surface area (Å²) in [5, 5.41) is 15.5. The fourth-order valence-electron chi connectivity index (χ4n) is 5.68. The van der Waals surface area contributed by atoms with Crippen LogP contribution in [0.5, 0.6) is 0 Å². The lowest BCUT2D eigenvalue weighted by Gasteiger charge is -2.59. The van der Waals surface area contributed by atoms with Crippen LogP contribution >= 0.6 is 0 Å². The molecule has 4 nitrogen and oxygen atoms in total. The Morgan fingerprint density at radius 1 is 1.17 bits per heavy atom. The van der Waals surface area contributed by atoms with Crippen LogP contribution in [0.2, 0.25) is 0 Å². The molecule has 0 aromatic carbocycles. The van der Waals surface area contributed by atoms with Gasteiger partial charge in [0.25, 0.3) is 5.91 Å². The number of hydrogen-bond acceptors (Lipinski definition) is 3. The minimum Gasteiger partial charge on any atom is -0.389 e. The summed E-state index contributed by atoms with van der Waals surface area (Å²) in [4.78, 5) is 12.5. The molecule has 0 spiro atoms. The lowest BCUT2D eigenvalue weighted by atomic mass is 9.48. The molecule has 4 rings (SSSR count). The largest absolute Gasteiger partial charge is 0.389 e. The Morgan fingerprint density at radius 3 is 2.17 bits per heavy atom. The molecule has 24 heavy (non-hydrogen) atoms. The van der Waals surface area contributed by atoms with E-state index in [-0.39, 0.29) is 22.9 Å². The van der Waals surface area contributed by atoms with Gasteiger partial charge in [-0.25, -0.2) is 0 Å². The number of rotatable bonds is 6. The van der Waals surface area contributed by atoms with Crippen LogP contribution in [-0.4, -0.2) is 18.5 Å². The van der Waals surface area contributed by atoms with Crippen LogP contribution in [-0.2, 0) is 4.79 Å². The zero-order valence-electron chi connectivity index (χ0n) is 15.3. The van der Waals surface area contributed by atoms with E-state index in [4.69, 9.17) is 0 Å². The molecule has 0 aliphatic heterocycles. The number of hydrogen-bond donors (Lipinski definition) is 2. The maximum Gasteiger partial charge on any atom is 0.263 e. The van der Waals surface area contributed by atoms with E-state index in [9.17, 15) is 10.1 Å². The van der Waals surface area contributed by atoms with E-state index in [2.05, 4.69) is 31.4 Å². The Hall–Kier alpha value is -1.50. The molecule has 0 heterocycles. The van der Waals surface area contributed by atoms with E-state index in [1.54, 1.807) is 6.20 Å². The van der Waals surface area contributed by atoms with Crippen molar-refractivity contribution in [1.82, 2.24) is 10.6 Å². The molecule has 4 aliphatic carbocycles. The SMILES string of the molecule is CC(C)CN/C=C(/C#N)C(=O)NC(C)C12CC3CC(CC(C3)C1)C2. The summed E-state index contributed by atoms with van der Waals surface area (Å²) in [7, 11) is 0. The second-order valence-electron chi connectivity index (χ2n) is 8.95. The van der Waals surface area contributed by atoms with Crippen molar-refractivity contribution in [3.8, 4) is 6.07 Å². The van der Waals surface area contributed by atoms with Crippen LogP contribution in [0.1, 0.15) is 59.3 Å². The van der Waals surface area contributed by atoms with Gasteiger partial charge in [-0.1, -0.05) is 13.8 Å². The summed E-state index contributed by atoms with van der Waals surface area (Å²) in [6.07, 6.45) is 9.57. The van der Waals surface area contributed by atoms with Crippen molar-refractivity contribution < 1.29 is 4.79 Å². The second-order valence-corrected chi connectivity index (χ2v) is 8.95. The Bertz CT molecular complexity index is 522. The third kappa shape index (κ3) is 3.45. The van der Waals surface area contributed by atoms with E-state index in [0.717, 1.165) is 24.3 Å². The van der Waals surface area contributed by atoms with Crippen molar-refractivity contribution in [2.75, 3.05) is 6.54 Å². The standard InChI is InChI=1S/C20H31N3O/c1-13(2)11-22-12-18(10-21)19(24)23-14(3)20-7-15-4-16(8-20)6-17(5-15)9-20/h12-17,22H,4-9,11H2,1-3H3,(H,23,24)/b18-12-. The molecule has 4 saturated carbocycles. The molecule has 1 amide bonds. The lowest BCUT2D eigenvalue weighted by Crippen LogP contribution is -2.56. The second kappa shape index (κ2) is 6.78. The van der Waals surface area contributed by atoms with Crippen molar-refractivity contribution in [3.63, 3.8) is 0 Å². The molecule has 1 atom stereocenters. The zero-order chi connectivity index (χ0) is 17.3. The van der Waals surface area contributed by atoms with Gasteiger partial charge in [-0.15, -0.1) is 0 Å². The van der Waals surface area contributed by atoms with Crippen molar-refractivity contribution in [2.24, 2.45) is 29.1 Å². The van der Waals surface area contributed by atoms with E-state index in [1.165, 1.54) is 38.5 Å². The minimum absolute atomic E-state index is 0.153. The molecule has 0 aromatic rings. The monoisotopic (exact) mass is 329 g/mol. The highest BCUT2D eigenvalue weighted by Crippen LogP contribution is 2.61. The van der Waals surface area contributed by atoms with Gasteiger partial charge in [0.15, 0.2) is 0 Å². The van der Waals surface area contributed by atoms with Crippen molar-refractivity contribution >= 4 is 5.91 Å².